The number of carbonyl (C=O) groups excluding carboxylic acids is 2. The van der Waals surface area contributed by atoms with Crippen molar-refractivity contribution in [1.29, 1.82) is 0 Å². The van der Waals surface area contributed by atoms with Crippen LogP contribution in [0.1, 0.15) is 46.9 Å². The zero-order valence-corrected chi connectivity index (χ0v) is 11.2. The summed E-state index contributed by atoms with van der Waals surface area (Å²) < 4.78 is 26.4. The fourth-order valence-corrected chi connectivity index (χ4v) is 2.38. The third-order valence-electron chi connectivity index (χ3n) is 3.49. The Labute approximate surface area is 115 Å². The van der Waals surface area contributed by atoms with Crippen LogP contribution in [0.3, 0.4) is 0 Å². The lowest BCUT2D eigenvalue weighted by Crippen LogP contribution is -2.44. The van der Waals surface area contributed by atoms with Crippen molar-refractivity contribution >= 4 is 11.8 Å². The molecule has 0 spiro atoms. The first kappa shape index (κ1) is 14.6. The molecule has 1 aromatic carbocycles. The predicted molar refractivity (Wildman–Crippen MR) is 69.2 cm³/mol. The Morgan fingerprint density at radius 3 is 2.05 bits per heavy atom. The van der Waals surface area contributed by atoms with Gasteiger partial charge in [0.05, 0.1) is 17.2 Å². The molecule has 6 heteroatoms. The first-order valence-electron chi connectivity index (χ1n) is 6.58. The molecule has 0 saturated carbocycles. The number of carbonyl (C=O) groups is 2. The molecule has 0 aliphatic carbocycles. The maximum atomic E-state index is 13.2. The van der Waals surface area contributed by atoms with E-state index in [4.69, 9.17) is 5.73 Å². The molecule has 20 heavy (non-hydrogen) atoms. The maximum Gasteiger partial charge on any atom is 0.261 e. The third-order valence-corrected chi connectivity index (χ3v) is 3.49. The number of nitrogens with two attached hydrogens (primary N) is 1. The number of imide groups is 1. The van der Waals surface area contributed by atoms with Gasteiger partial charge in [-0.05, 0) is 18.6 Å². The van der Waals surface area contributed by atoms with Crippen molar-refractivity contribution in [2.75, 3.05) is 6.54 Å². The van der Waals surface area contributed by atoms with Crippen LogP contribution in [-0.2, 0) is 0 Å². The summed E-state index contributed by atoms with van der Waals surface area (Å²) >= 11 is 0. The Bertz CT molecular complexity index is 519. The van der Waals surface area contributed by atoms with Crippen LogP contribution in [0.25, 0.3) is 0 Å². The largest absolute Gasteiger partial charge is 0.328 e. The monoisotopic (exact) mass is 282 g/mol. The minimum absolute atomic E-state index is 0.0937. The minimum atomic E-state index is -1.13. The summed E-state index contributed by atoms with van der Waals surface area (Å²) in [5.74, 6) is -3.47. The third kappa shape index (κ3) is 2.31. The van der Waals surface area contributed by atoms with Crippen LogP contribution in [0.15, 0.2) is 12.1 Å². The van der Waals surface area contributed by atoms with Gasteiger partial charge in [0.2, 0.25) is 0 Å². The van der Waals surface area contributed by atoms with Crippen molar-refractivity contribution in [3.05, 3.63) is 34.9 Å². The van der Waals surface area contributed by atoms with Crippen LogP contribution in [0, 0.1) is 11.6 Å². The van der Waals surface area contributed by atoms with E-state index in [1.807, 2.05) is 6.92 Å². The molecule has 1 aliphatic rings. The number of halogens is 2. The fourth-order valence-electron chi connectivity index (χ4n) is 2.38. The lowest BCUT2D eigenvalue weighted by molar-refractivity contribution is 0.0580. The Morgan fingerprint density at radius 2 is 1.65 bits per heavy atom. The average Bonchev–Trinajstić information content (AvgIpc) is 2.65. The van der Waals surface area contributed by atoms with Gasteiger partial charge < -0.3 is 5.73 Å². The van der Waals surface area contributed by atoms with Gasteiger partial charge >= 0.3 is 0 Å². The van der Waals surface area contributed by atoms with Gasteiger partial charge in [-0.3, -0.25) is 14.5 Å². The van der Waals surface area contributed by atoms with Gasteiger partial charge in [-0.2, -0.15) is 0 Å². The Kier molecular flexibility index (Phi) is 4.13. The van der Waals surface area contributed by atoms with Crippen molar-refractivity contribution in [3.63, 3.8) is 0 Å². The lowest BCUT2D eigenvalue weighted by Gasteiger charge is -2.24. The van der Waals surface area contributed by atoms with E-state index in [1.54, 1.807) is 0 Å². The molecule has 1 unspecified atom stereocenters. The highest BCUT2D eigenvalue weighted by Gasteiger charge is 2.40. The summed E-state index contributed by atoms with van der Waals surface area (Å²) in [7, 11) is 0. The predicted octanol–water partition coefficient (Wildman–Crippen LogP) is 2.08. The normalized spacial score (nSPS) is 15.7. The molecule has 4 nitrogen and oxygen atoms in total. The summed E-state index contributed by atoms with van der Waals surface area (Å²) in [6.45, 7) is 2.12. The highest BCUT2D eigenvalue weighted by Crippen LogP contribution is 2.28. The van der Waals surface area contributed by atoms with Gasteiger partial charge in [0.1, 0.15) is 0 Å². The molecule has 1 heterocycles. The number of benzene rings is 1. The topological polar surface area (TPSA) is 63.4 Å². The number of hydrogen-bond donors (Lipinski definition) is 1. The first-order chi connectivity index (χ1) is 9.51. The van der Waals surface area contributed by atoms with Gasteiger partial charge in [-0.1, -0.05) is 19.8 Å². The lowest BCUT2D eigenvalue weighted by atomic mass is 10.1. The number of nitrogens with zero attached hydrogens (tertiary/aromatic N) is 1. The molecule has 0 radical (unpaired) electrons. The summed E-state index contributed by atoms with van der Waals surface area (Å²) in [5, 5.41) is 0. The van der Waals surface area contributed by atoms with Crippen molar-refractivity contribution in [3.8, 4) is 0 Å². The number of hydrogen-bond acceptors (Lipinski definition) is 3. The Balaban J connectivity index is 2.36. The molecular formula is C14H16F2N2O2. The number of unbranched alkanes of at least 4 members (excludes halogenated alkanes) is 1. The molecule has 0 saturated heterocycles. The molecule has 0 fully saturated rings. The standard InChI is InChI=1S/C14H16F2N2O2/c1-2-3-4-8(7-17)18-13(19)9-5-11(15)12(16)6-10(9)14(18)20/h5-6,8H,2-4,7,17H2,1H3. The summed E-state index contributed by atoms with van der Waals surface area (Å²) in [6.07, 6.45) is 2.31. The van der Waals surface area contributed by atoms with Crippen molar-refractivity contribution in [1.82, 2.24) is 4.90 Å². The second kappa shape index (κ2) is 5.66. The van der Waals surface area contributed by atoms with E-state index in [9.17, 15) is 18.4 Å². The second-order valence-electron chi connectivity index (χ2n) is 4.82. The van der Waals surface area contributed by atoms with Crippen molar-refractivity contribution in [2.45, 2.75) is 32.2 Å². The van der Waals surface area contributed by atoms with E-state index in [0.29, 0.717) is 6.42 Å². The van der Waals surface area contributed by atoms with Crippen LogP contribution >= 0.6 is 0 Å². The summed E-state index contributed by atoms with van der Waals surface area (Å²) in [5.41, 5.74) is 5.43. The highest BCUT2D eigenvalue weighted by molar-refractivity contribution is 6.21. The highest BCUT2D eigenvalue weighted by atomic mass is 19.2. The molecular weight excluding hydrogens is 266 g/mol. The Hall–Kier alpha value is -1.82. The molecule has 1 aliphatic heterocycles. The number of amides is 2. The van der Waals surface area contributed by atoms with E-state index >= 15 is 0 Å². The van der Waals surface area contributed by atoms with E-state index in [0.717, 1.165) is 29.9 Å². The summed E-state index contributed by atoms with van der Waals surface area (Å²) in [4.78, 5) is 25.4. The van der Waals surface area contributed by atoms with Crippen molar-refractivity contribution in [2.24, 2.45) is 5.73 Å². The smallest absolute Gasteiger partial charge is 0.261 e. The summed E-state index contributed by atoms with van der Waals surface area (Å²) in [6, 6.07) is 1.12. The van der Waals surface area contributed by atoms with Gasteiger partial charge in [0.25, 0.3) is 11.8 Å². The molecule has 108 valence electrons. The molecule has 1 aromatic rings. The van der Waals surface area contributed by atoms with Gasteiger partial charge in [-0.15, -0.1) is 0 Å². The van der Waals surface area contributed by atoms with Gasteiger partial charge in [0, 0.05) is 6.54 Å². The minimum Gasteiger partial charge on any atom is -0.328 e. The van der Waals surface area contributed by atoms with E-state index in [1.165, 1.54) is 0 Å². The average molecular weight is 282 g/mol. The molecule has 2 amide bonds. The zero-order chi connectivity index (χ0) is 14.9. The Morgan fingerprint density at radius 1 is 1.15 bits per heavy atom. The van der Waals surface area contributed by atoms with Crippen molar-refractivity contribution < 1.29 is 18.4 Å². The van der Waals surface area contributed by atoms with E-state index < -0.39 is 29.5 Å². The van der Waals surface area contributed by atoms with Crippen LogP contribution in [0.5, 0.6) is 0 Å². The zero-order valence-electron chi connectivity index (χ0n) is 11.2. The first-order valence-corrected chi connectivity index (χ1v) is 6.58. The molecule has 2 rings (SSSR count). The van der Waals surface area contributed by atoms with Crippen LogP contribution in [0.4, 0.5) is 8.78 Å². The van der Waals surface area contributed by atoms with E-state index in [-0.39, 0.29) is 17.7 Å². The van der Waals surface area contributed by atoms with Crippen LogP contribution in [0.2, 0.25) is 0 Å². The van der Waals surface area contributed by atoms with Crippen LogP contribution < -0.4 is 5.73 Å². The number of rotatable bonds is 5. The SMILES string of the molecule is CCCCC(CN)N1C(=O)c2cc(F)c(F)cc2C1=O. The number of fused-ring (bicyclic) bond motifs is 1. The molecule has 1 atom stereocenters. The van der Waals surface area contributed by atoms with Crippen LogP contribution in [-0.4, -0.2) is 29.3 Å². The quantitative estimate of drug-likeness (QED) is 0.841. The molecule has 0 bridgehead atoms. The fraction of sp³-hybridized carbons (Fsp3) is 0.429. The molecule has 0 aromatic heterocycles. The molecule has 2 N–H and O–H groups in total. The van der Waals surface area contributed by atoms with Gasteiger partial charge in [-0.25, -0.2) is 8.78 Å². The van der Waals surface area contributed by atoms with Gasteiger partial charge in [0.15, 0.2) is 11.6 Å². The maximum absolute atomic E-state index is 13.2. The second-order valence-corrected chi connectivity index (χ2v) is 4.82. The van der Waals surface area contributed by atoms with E-state index in [2.05, 4.69) is 0 Å².